The number of rotatable bonds is 4. The largest absolute Gasteiger partial charge is 0.348 e. The maximum atomic E-state index is 12.4. The number of halogens is 2. The van der Waals surface area contributed by atoms with Crippen molar-refractivity contribution in [3.8, 4) is 0 Å². The average molecular weight is 357 g/mol. The van der Waals surface area contributed by atoms with E-state index in [1.165, 1.54) is 0 Å². The van der Waals surface area contributed by atoms with Gasteiger partial charge in [-0.3, -0.25) is 4.79 Å². The molecule has 0 unspecified atom stereocenters. The first-order valence-electron chi connectivity index (χ1n) is 8.22. The Balaban J connectivity index is 1.90. The number of nitrogens with zero attached hydrogens (tertiary/aromatic N) is 1. The van der Waals surface area contributed by atoms with Crippen molar-refractivity contribution < 1.29 is 4.79 Å². The van der Waals surface area contributed by atoms with Crippen molar-refractivity contribution in [1.82, 2.24) is 10.2 Å². The Morgan fingerprint density at radius 1 is 1.26 bits per heavy atom. The van der Waals surface area contributed by atoms with Crippen molar-refractivity contribution in [2.75, 3.05) is 19.6 Å². The third-order valence-corrected chi connectivity index (χ3v) is 4.58. The number of carbonyl (C=O) groups excluding carboxylic acids is 1. The summed E-state index contributed by atoms with van der Waals surface area (Å²) in [6.07, 6.45) is 3.30. The number of hydrogen-bond donors (Lipinski definition) is 1. The summed E-state index contributed by atoms with van der Waals surface area (Å²) in [5.41, 5.74) is 0.864. The number of benzene rings is 1. The molecule has 1 heterocycles. The van der Waals surface area contributed by atoms with Gasteiger partial charge in [-0.2, -0.15) is 0 Å². The SMILES string of the molecule is CC(C)(C)CCN1CCC[C@@H](NC(=O)c2cc(Cl)cc(Cl)c2)C1. The monoisotopic (exact) mass is 356 g/mol. The fourth-order valence-corrected chi connectivity index (χ4v) is 3.35. The zero-order valence-electron chi connectivity index (χ0n) is 14.2. The van der Waals surface area contributed by atoms with E-state index >= 15 is 0 Å². The molecule has 1 aromatic rings. The van der Waals surface area contributed by atoms with Crippen molar-refractivity contribution >= 4 is 29.1 Å². The van der Waals surface area contributed by atoms with Crippen LogP contribution in [0.2, 0.25) is 10.0 Å². The molecule has 1 aliphatic heterocycles. The van der Waals surface area contributed by atoms with Crippen LogP contribution in [0.25, 0.3) is 0 Å². The molecular formula is C18H26Cl2N2O. The summed E-state index contributed by atoms with van der Waals surface area (Å²) in [6.45, 7) is 9.90. The van der Waals surface area contributed by atoms with Gasteiger partial charge in [0.2, 0.25) is 0 Å². The minimum absolute atomic E-state index is 0.0999. The minimum atomic E-state index is -0.0999. The van der Waals surface area contributed by atoms with Gasteiger partial charge in [0.15, 0.2) is 0 Å². The maximum Gasteiger partial charge on any atom is 0.251 e. The molecule has 23 heavy (non-hydrogen) atoms. The zero-order chi connectivity index (χ0) is 17.0. The van der Waals surface area contributed by atoms with E-state index in [-0.39, 0.29) is 11.9 Å². The summed E-state index contributed by atoms with van der Waals surface area (Å²) in [6, 6.07) is 5.13. The number of nitrogens with one attached hydrogen (secondary N) is 1. The van der Waals surface area contributed by atoms with E-state index in [1.807, 2.05) is 0 Å². The van der Waals surface area contributed by atoms with E-state index in [0.29, 0.717) is 21.0 Å². The van der Waals surface area contributed by atoms with Crippen LogP contribution in [0.4, 0.5) is 0 Å². The van der Waals surface area contributed by atoms with Gasteiger partial charge in [-0.25, -0.2) is 0 Å². The number of amides is 1. The Labute approximate surface area is 149 Å². The summed E-state index contributed by atoms with van der Waals surface area (Å²) >= 11 is 11.9. The zero-order valence-corrected chi connectivity index (χ0v) is 15.7. The molecule has 2 rings (SSSR count). The van der Waals surface area contributed by atoms with Crippen LogP contribution in [-0.4, -0.2) is 36.5 Å². The van der Waals surface area contributed by atoms with E-state index in [4.69, 9.17) is 23.2 Å². The summed E-state index contributed by atoms with van der Waals surface area (Å²) < 4.78 is 0. The third-order valence-electron chi connectivity index (χ3n) is 4.14. The molecule has 0 saturated carbocycles. The fourth-order valence-electron chi connectivity index (χ4n) is 2.82. The quantitative estimate of drug-likeness (QED) is 0.853. The lowest BCUT2D eigenvalue weighted by molar-refractivity contribution is 0.0897. The normalized spacial score (nSPS) is 19.6. The molecule has 0 spiro atoms. The van der Waals surface area contributed by atoms with Crippen LogP contribution < -0.4 is 5.32 Å². The molecular weight excluding hydrogens is 331 g/mol. The second kappa shape index (κ2) is 7.87. The lowest BCUT2D eigenvalue weighted by atomic mass is 9.91. The van der Waals surface area contributed by atoms with Crippen molar-refractivity contribution in [2.24, 2.45) is 5.41 Å². The second-order valence-corrected chi connectivity index (χ2v) is 8.45. The highest BCUT2D eigenvalue weighted by Gasteiger charge is 2.23. The maximum absolute atomic E-state index is 12.4. The van der Waals surface area contributed by atoms with Crippen molar-refractivity contribution in [1.29, 1.82) is 0 Å². The number of piperidine rings is 1. The van der Waals surface area contributed by atoms with E-state index in [2.05, 4.69) is 31.0 Å². The molecule has 1 aromatic carbocycles. The average Bonchev–Trinajstić information content (AvgIpc) is 2.44. The highest BCUT2D eigenvalue weighted by Crippen LogP contribution is 2.21. The fraction of sp³-hybridized carbons (Fsp3) is 0.611. The van der Waals surface area contributed by atoms with E-state index in [0.717, 1.165) is 38.9 Å². The molecule has 1 atom stereocenters. The Morgan fingerprint density at radius 2 is 1.91 bits per heavy atom. The molecule has 1 fully saturated rings. The van der Waals surface area contributed by atoms with E-state index in [1.54, 1.807) is 18.2 Å². The highest BCUT2D eigenvalue weighted by atomic mass is 35.5. The van der Waals surface area contributed by atoms with Gasteiger partial charge in [-0.05, 0) is 56.0 Å². The van der Waals surface area contributed by atoms with Crippen molar-refractivity contribution in [3.05, 3.63) is 33.8 Å². The topological polar surface area (TPSA) is 32.3 Å². The minimum Gasteiger partial charge on any atom is -0.348 e. The summed E-state index contributed by atoms with van der Waals surface area (Å²) in [5.74, 6) is -0.0999. The van der Waals surface area contributed by atoms with Gasteiger partial charge in [-0.15, -0.1) is 0 Å². The van der Waals surface area contributed by atoms with Crippen LogP contribution in [-0.2, 0) is 0 Å². The van der Waals surface area contributed by atoms with Crippen LogP contribution in [0.15, 0.2) is 18.2 Å². The summed E-state index contributed by atoms with van der Waals surface area (Å²) in [7, 11) is 0. The lowest BCUT2D eigenvalue weighted by Gasteiger charge is -2.34. The van der Waals surface area contributed by atoms with E-state index in [9.17, 15) is 4.79 Å². The Kier molecular flexibility index (Phi) is 6.35. The molecule has 0 aromatic heterocycles. The van der Waals surface area contributed by atoms with Crippen molar-refractivity contribution in [2.45, 2.75) is 46.1 Å². The van der Waals surface area contributed by atoms with Gasteiger partial charge in [0.25, 0.3) is 5.91 Å². The van der Waals surface area contributed by atoms with Gasteiger partial charge in [0.1, 0.15) is 0 Å². The number of hydrogen-bond acceptors (Lipinski definition) is 2. The predicted molar refractivity (Wildman–Crippen MR) is 97.5 cm³/mol. The standard InChI is InChI=1S/C18H26Cl2N2O/c1-18(2,3)6-8-22-7-4-5-16(12-22)21-17(23)13-9-14(19)11-15(20)10-13/h9-11,16H,4-8,12H2,1-3H3,(H,21,23)/t16-/m1/s1. The molecule has 0 radical (unpaired) electrons. The number of carbonyl (C=O) groups is 1. The first kappa shape index (κ1) is 18.6. The van der Waals surface area contributed by atoms with Gasteiger partial charge in [0, 0.05) is 28.2 Å². The molecule has 1 amide bonds. The van der Waals surface area contributed by atoms with Crippen LogP contribution in [0.1, 0.15) is 50.4 Å². The Hall–Kier alpha value is -0.770. The van der Waals surface area contributed by atoms with E-state index < -0.39 is 0 Å². The van der Waals surface area contributed by atoms with Gasteiger partial charge in [-0.1, -0.05) is 44.0 Å². The smallest absolute Gasteiger partial charge is 0.251 e. The molecule has 128 valence electrons. The lowest BCUT2D eigenvalue weighted by Crippen LogP contribution is -2.48. The predicted octanol–water partition coefficient (Wildman–Crippen LogP) is 4.62. The van der Waals surface area contributed by atoms with Gasteiger partial charge in [0.05, 0.1) is 0 Å². The molecule has 0 bridgehead atoms. The first-order chi connectivity index (χ1) is 10.7. The Morgan fingerprint density at radius 3 is 2.52 bits per heavy atom. The van der Waals surface area contributed by atoms with Crippen LogP contribution in [0.5, 0.6) is 0 Å². The van der Waals surface area contributed by atoms with Gasteiger partial charge < -0.3 is 10.2 Å². The first-order valence-corrected chi connectivity index (χ1v) is 8.98. The van der Waals surface area contributed by atoms with Crippen LogP contribution >= 0.6 is 23.2 Å². The molecule has 0 aliphatic carbocycles. The van der Waals surface area contributed by atoms with Gasteiger partial charge >= 0.3 is 0 Å². The molecule has 1 saturated heterocycles. The third kappa shape index (κ3) is 6.33. The molecule has 5 heteroatoms. The summed E-state index contributed by atoms with van der Waals surface area (Å²) in [4.78, 5) is 14.8. The van der Waals surface area contributed by atoms with Crippen LogP contribution in [0, 0.1) is 5.41 Å². The molecule has 1 aliphatic rings. The number of likely N-dealkylation sites (tertiary alicyclic amines) is 1. The summed E-state index contributed by atoms with van der Waals surface area (Å²) in [5, 5.41) is 4.09. The Bertz CT molecular complexity index is 534. The van der Waals surface area contributed by atoms with Crippen molar-refractivity contribution in [3.63, 3.8) is 0 Å². The highest BCUT2D eigenvalue weighted by molar-refractivity contribution is 6.35. The molecule has 1 N–H and O–H groups in total. The molecule has 3 nitrogen and oxygen atoms in total. The second-order valence-electron chi connectivity index (χ2n) is 7.58. The van der Waals surface area contributed by atoms with Crippen LogP contribution in [0.3, 0.4) is 0 Å².